The van der Waals surface area contributed by atoms with Gasteiger partial charge in [-0.2, -0.15) is 0 Å². The number of benzene rings is 2. The van der Waals surface area contributed by atoms with Gasteiger partial charge in [-0.3, -0.25) is 0 Å². The maximum Gasteiger partial charge on any atom is 0.119 e. The van der Waals surface area contributed by atoms with E-state index >= 15 is 0 Å². The van der Waals surface area contributed by atoms with Gasteiger partial charge in [-0.05, 0) is 30.0 Å². The van der Waals surface area contributed by atoms with Crippen molar-refractivity contribution in [2.24, 2.45) is 0 Å². The molecule has 2 aromatic rings. The number of rotatable bonds is 0. The molecular weight excluding hydrogens is 172 g/mol. The highest BCUT2D eigenvalue weighted by atomic mass is 16.3. The summed E-state index contributed by atoms with van der Waals surface area (Å²) in [6.07, 6.45) is 5.40. The maximum absolute atomic E-state index is 9.57. The molecule has 0 aromatic heterocycles. The Balaban J connectivity index is 2.99. The first kappa shape index (κ1) is 8.65. The maximum atomic E-state index is 9.57. The molecule has 0 aliphatic rings. The zero-order valence-electron chi connectivity index (χ0n) is 7.91. The van der Waals surface area contributed by atoms with Gasteiger partial charge in [-0.15, -0.1) is 6.42 Å². The van der Waals surface area contributed by atoms with E-state index in [1.807, 2.05) is 31.2 Å². The summed E-state index contributed by atoms with van der Waals surface area (Å²) in [6, 6.07) is 9.36. The fraction of sp³-hybridized carbons (Fsp3) is 0.0769. The van der Waals surface area contributed by atoms with Gasteiger partial charge in [0.05, 0.1) is 0 Å². The van der Waals surface area contributed by atoms with E-state index < -0.39 is 0 Å². The van der Waals surface area contributed by atoms with Crippen molar-refractivity contribution in [1.82, 2.24) is 0 Å². The minimum atomic E-state index is 0.292. The zero-order valence-corrected chi connectivity index (χ0v) is 7.91. The highest BCUT2D eigenvalue weighted by Gasteiger charge is 2.04. The van der Waals surface area contributed by atoms with E-state index in [0.717, 1.165) is 21.9 Å². The zero-order chi connectivity index (χ0) is 10.1. The molecule has 68 valence electrons. The molecular formula is C13H10O. The van der Waals surface area contributed by atoms with E-state index in [1.54, 1.807) is 6.07 Å². The number of phenolic OH excluding ortho intramolecular Hbond substituents is 1. The second-order valence-corrected chi connectivity index (χ2v) is 3.26. The summed E-state index contributed by atoms with van der Waals surface area (Å²) in [6.45, 7) is 1.87. The van der Waals surface area contributed by atoms with E-state index in [4.69, 9.17) is 6.42 Å². The van der Waals surface area contributed by atoms with Crippen molar-refractivity contribution in [2.45, 2.75) is 6.92 Å². The van der Waals surface area contributed by atoms with Crippen LogP contribution in [-0.4, -0.2) is 5.11 Å². The van der Waals surface area contributed by atoms with Crippen molar-refractivity contribution in [3.05, 3.63) is 41.5 Å². The Morgan fingerprint density at radius 3 is 2.71 bits per heavy atom. The molecule has 0 aliphatic heterocycles. The highest BCUT2D eigenvalue weighted by Crippen LogP contribution is 2.28. The molecule has 0 aliphatic carbocycles. The largest absolute Gasteiger partial charge is 0.508 e. The van der Waals surface area contributed by atoms with Crippen LogP contribution in [0.25, 0.3) is 10.8 Å². The van der Waals surface area contributed by atoms with Crippen LogP contribution in [0.2, 0.25) is 0 Å². The van der Waals surface area contributed by atoms with E-state index in [0.29, 0.717) is 5.75 Å². The average molecular weight is 182 g/mol. The second-order valence-electron chi connectivity index (χ2n) is 3.26. The smallest absolute Gasteiger partial charge is 0.119 e. The average Bonchev–Trinajstić information content (AvgIpc) is 2.23. The quantitative estimate of drug-likeness (QED) is 0.621. The molecule has 14 heavy (non-hydrogen) atoms. The van der Waals surface area contributed by atoms with Crippen LogP contribution in [0, 0.1) is 19.3 Å². The molecule has 0 unspecified atom stereocenters. The number of hydrogen-bond donors (Lipinski definition) is 1. The fourth-order valence-electron chi connectivity index (χ4n) is 1.67. The summed E-state index contributed by atoms with van der Waals surface area (Å²) in [4.78, 5) is 0. The van der Waals surface area contributed by atoms with Gasteiger partial charge in [0.15, 0.2) is 0 Å². The molecule has 0 amide bonds. The first-order valence-electron chi connectivity index (χ1n) is 4.42. The van der Waals surface area contributed by atoms with Gasteiger partial charge in [-0.1, -0.05) is 24.1 Å². The molecule has 1 nitrogen and oxygen atoms in total. The van der Waals surface area contributed by atoms with Crippen molar-refractivity contribution in [3.63, 3.8) is 0 Å². The first-order chi connectivity index (χ1) is 6.74. The standard InChI is InChI=1S/C13H10O/c1-3-10-5-4-6-11-7-8-12(14)9(2)13(10)11/h1,4-8,14H,2H3. The summed E-state index contributed by atoms with van der Waals surface area (Å²) >= 11 is 0. The van der Waals surface area contributed by atoms with Gasteiger partial charge in [0, 0.05) is 10.9 Å². The van der Waals surface area contributed by atoms with Crippen LogP contribution in [0.1, 0.15) is 11.1 Å². The Labute approximate surface area is 83.0 Å². The first-order valence-corrected chi connectivity index (χ1v) is 4.42. The normalized spacial score (nSPS) is 10.0. The van der Waals surface area contributed by atoms with Gasteiger partial charge < -0.3 is 5.11 Å². The van der Waals surface area contributed by atoms with Crippen molar-refractivity contribution in [3.8, 4) is 18.1 Å². The molecule has 0 heterocycles. The molecule has 2 aromatic carbocycles. The molecule has 1 heteroatoms. The Bertz CT molecular complexity index is 533. The van der Waals surface area contributed by atoms with E-state index in [-0.39, 0.29) is 0 Å². The molecule has 0 radical (unpaired) electrons. The van der Waals surface area contributed by atoms with Gasteiger partial charge in [0.25, 0.3) is 0 Å². The van der Waals surface area contributed by atoms with Gasteiger partial charge >= 0.3 is 0 Å². The lowest BCUT2D eigenvalue weighted by molar-refractivity contribution is 0.472. The topological polar surface area (TPSA) is 20.2 Å². The predicted molar refractivity (Wildman–Crippen MR) is 58.3 cm³/mol. The summed E-state index contributed by atoms with van der Waals surface area (Å²) in [5.41, 5.74) is 1.67. The Morgan fingerprint density at radius 2 is 2.00 bits per heavy atom. The molecule has 0 atom stereocenters. The number of aryl methyl sites for hydroxylation is 1. The monoisotopic (exact) mass is 182 g/mol. The minimum absolute atomic E-state index is 0.292. The Hall–Kier alpha value is -1.94. The number of phenols is 1. The van der Waals surface area contributed by atoms with Crippen molar-refractivity contribution < 1.29 is 5.11 Å². The molecule has 0 spiro atoms. The lowest BCUT2D eigenvalue weighted by Gasteiger charge is -2.06. The Morgan fingerprint density at radius 1 is 1.21 bits per heavy atom. The second kappa shape index (κ2) is 3.08. The van der Waals surface area contributed by atoms with E-state index in [9.17, 15) is 5.11 Å². The van der Waals surface area contributed by atoms with Crippen molar-refractivity contribution in [2.75, 3.05) is 0 Å². The summed E-state index contributed by atoms with van der Waals surface area (Å²) in [5, 5.41) is 11.6. The summed E-state index contributed by atoms with van der Waals surface area (Å²) < 4.78 is 0. The third-order valence-corrected chi connectivity index (χ3v) is 2.43. The van der Waals surface area contributed by atoms with E-state index in [2.05, 4.69) is 5.92 Å². The summed E-state index contributed by atoms with van der Waals surface area (Å²) in [5.74, 6) is 2.92. The number of hydrogen-bond acceptors (Lipinski definition) is 1. The van der Waals surface area contributed by atoms with Crippen molar-refractivity contribution in [1.29, 1.82) is 0 Å². The van der Waals surface area contributed by atoms with E-state index in [1.165, 1.54) is 0 Å². The SMILES string of the molecule is C#Cc1cccc2ccc(O)c(C)c12. The molecule has 2 rings (SSSR count). The third-order valence-electron chi connectivity index (χ3n) is 2.43. The molecule has 0 saturated heterocycles. The number of terminal acetylenes is 1. The van der Waals surface area contributed by atoms with Crippen LogP contribution < -0.4 is 0 Å². The lowest BCUT2D eigenvalue weighted by atomic mass is 10.00. The lowest BCUT2D eigenvalue weighted by Crippen LogP contribution is -1.84. The Kier molecular flexibility index (Phi) is 1.90. The minimum Gasteiger partial charge on any atom is -0.508 e. The van der Waals surface area contributed by atoms with Crippen molar-refractivity contribution >= 4 is 10.8 Å². The van der Waals surface area contributed by atoms with Crippen LogP contribution in [0.4, 0.5) is 0 Å². The van der Waals surface area contributed by atoms with Crippen LogP contribution in [0.15, 0.2) is 30.3 Å². The van der Waals surface area contributed by atoms with Gasteiger partial charge in [0.1, 0.15) is 5.75 Å². The fourth-order valence-corrected chi connectivity index (χ4v) is 1.67. The third kappa shape index (κ3) is 1.13. The number of fused-ring (bicyclic) bond motifs is 1. The van der Waals surface area contributed by atoms with Gasteiger partial charge in [0.2, 0.25) is 0 Å². The summed E-state index contributed by atoms with van der Waals surface area (Å²) in [7, 11) is 0. The van der Waals surface area contributed by atoms with Crippen LogP contribution in [0.3, 0.4) is 0 Å². The molecule has 0 bridgehead atoms. The molecule has 0 saturated carbocycles. The molecule has 1 N–H and O–H groups in total. The van der Waals surface area contributed by atoms with Gasteiger partial charge in [-0.25, -0.2) is 0 Å². The predicted octanol–water partition coefficient (Wildman–Crippen LogP) is 2.84. The number of aromatic hydroxyl groups is 1. The van der Waals surface area contributed by atoms with Crippen LogP contribution in [-0.2, 0) is 0 Å². The molecule has 0 fully saturated rings. The van der Waals surface area contributed by atoms with Crippen LogP contribution in [0.5, 0.6) is 5.75 Å². The highest BCUT2D eigenvalue weighted by molar-refractivity contribution is 5.92. The van der Waals surface area contributed by atoms with Crippen LogP contribution >= 0.6 is 0 Å².